The SMILES string of the molecule is Cc1ccc(F)cc1C(O)(CC#N)c1cc(F)ccc1C. The van der Waals surface area contributed by atoms with Crippen LogP contribution >= 0.6 is 0 Å². The van der Waals surface area contributed by atoms with Gasteiger partial charge in [-0.25, -0.2) is 8.78 Å². The quantitative estimate of drug-likeness (QED) is 0.934. The van der Waals surface area contributed by atoms with E-state index >= 15 is 0 Å². The van der Waals surface area contributed by atoms with Gasteiger partial charge < -0.3 is 5.11 Å². The summed E-state index contributed by atoms with van der Waals surface area (Å²) >= 11 is 0. The molecule has 0 aliphatic carbocycles. The summed E-state index contributed by atoms with van der Waals surface area (Å²) in [5, 5.41) is 20.1. The summed E-state index contributed by atoms with van der Waals surface area (Å²) < 4.78 is 27.1. The molecule has 108 valence electrons. The van der Waals surface area contributed by atoms with Gasteiger partial charge in [-0.05, 0) is 60.4 Å². The first kappa shape index (κ1) is 15.1. The molecule has 1 N–H and O–H groups in total. The van der Waals surface area contributed by atoms with Crippen molar-refractivity contribution in [1.29, 1.82) is 5.26 Å². The molecule has 2 nitrogen and oxygen atoms in total. The van der Waals surface area contributed by atoms with Gasteiger partial charge in [-0.2, -0.15) is 5.26 Å². The van der Waals surface area contributed by atoms with Crippen LogP contribution in [0, 0.1) is 36.8 Å². The first-order chi connectivity index (χ1) is 9.88. The third kappa shape index (κ3) is 2.79. The van der Waals surface area contributed by atoms with Gasteiger partial charge in [0.25, 0.3) is 0 Å². The highest BCUT2D eigenvalue weighted by Gasteiger charge is 2.35. The lowest BCUT2D eigenvalue weighted by Crippen LogP contribution is -2.29. The van der Waals surface area contributed by atoms with Crippen LogP contribution in [-0.2, 0) is 5.60 Å². The lowest BCUT2D eigenvalue weighted by molar-refractivity contribution is 0.0839. The minimum Gasteiger partial charge on any atom is -0.379 e. The van der Waals surface area contributed by atoms with Gasteiger partial charge >= 0.3 is 0 Å². The summed E-state index contributed by atoms with van der Waals surface area (Å²) in [5.74, 6) is -1.03. The van der Waals surface area contributed by atoms with E-state index in [4.69, 9.17) is 5.26 Å². The molecule has 0 fully saturated rings. The van der Waals surface area contributed by atoms with Crippen LogP contribution in [0.3, 0.4) is 0 Å². The van der Waals surface area contributed by atoms with Crippen molar-refractivity contribution in [2.45, 2.75) is 25.9 Å². The average Bonchev–Trinajstić information content (AvgIpc) is 2.44. The molecule has 0 unspecified atom stereocenters. The highest BCUT2D eigenvalue weighted by Crippen LogP contribution is 2.37. The fourth-order valence-electron chi connectivity index (χ4n) is 2.53. The number of hydrogen-bond donors (Lipinski definition) is 1. The Bertz CT molecular complexity index is 668. The molecule has 0 radical (unpaired) electrons. The van der Waals surface area contributed by atoms with Crippen molar-refractivity contribution in [3.63, 3.8) is 0 Å². The summed E-state index contributed by atoms with van der Waals surface area (Å²) in [6.07, 6.45) is -0.290. The fourth-order valence-corrected chi connectivity index (χ4v) is 2.53. The number of aliphatic hydroxyl groups is 1. The van der Waals surface area contributed by atoms with E-state index in [9.17, 15) is 13.9 Å². The Morgan fingerprint density at radius 1 is 1.00 bits per heavy atom. The Kier molecular flexibility index (Phi) is 4.06. The van der Waals surface area contributed by atoms with Crippen molar-refractivity contribution >= 4 is 0 Å². The Balaban J connectivity index is 2.74. The lowest BCUT2D eigenvalue weighted by Gasteiger charge is -2.30. The number of benzene rings is 2. The molecule has 2 aromatic carbocycles. The molecule has 0 bridgehead atoms. The summed E-state index contributed by atoms with van der Waals surface area (Å²) in [4.78, 5) is 0. The average molecular weight is 287 g/mol. The van der Waals surface area contributed by atoms with Crippen molar-refractivity contribution in [3.8, 4) is 6.07 Å². The second-order valence-electron chi connectivity index (χ2n) is 5.11. The predicted molar refractivity (Wildman–Crippen MR) is 75.5 cm³/mol. The molecule has 0 spiro atoms. The molecule has 2 aromatic rings. The highest BCUT2D eigenvalue weighted by atomic mass is 19.1. The van der Waals surface area contributed by atoms with E-state index in [0.29, 0.717) is 11.1 Å². The molecule has 0 saturated carbocycles. The van der Waals surface area contributed by atoms with Crippen molar-refractivity contribution in [2.24, 2.45) is 0 Å². The second-order valence-corrected chi connectivity index (χ2v) is 5.11. The third-order valence-electron chi connectivity index (χ3n) is 3.63. The van der Waals surface area contributed by atoms with Gasteiger partial charge in [0.15, 0.2) is 0 Å². The minimum absolute atomic E-state index is 0.276. The standard InChI is InChI=1S/C17H15F2NO/c1-11-3-5-13(18)9-15(11)17(21,7-8-20)16-10-14(19)6-4-12(16)2/h3-6,9-10,21H,7H2,1-2H3. The van der Waals surface area contributed by atoms with Gasteiger partial charge in [-0.3, -0.25) is 0 Å². The zero-order valence-corrected chi connectivity index (χ0v) is 11.8. The van der Waals surface area contributed by atoms with Crippen LogP contribution in [-0.4, -0.2) is 5.11 Å². The van der Waals surface area contributed by atoms with Gasteiger partial charge in [0, 0.05) is 0 Å². The van der Waals surface area contributed by atoms with Crippen LogP contribution in [0.15, 0.2) is 36.4 Å². The first-order valence-electron chi connectivity index (χ1n) is 6.51. The van der Waals surface area contributed by atoms with E-state index in [1.54, 1.807) is 13.8 Å². The number of nitrogens with zero attached hydrogens (tertiary/aromatic N) is 1. The van der Waals surface area contributed by atoms with E-state index in [1.165, 1.54) is 36.4 Å². The van der Waals surface area contributed by atoms with Crippen molar-refractivity contribution < 1.29 is 13.9 Å². The Labute approximate surface area is 122 Å². The second kappa shape index (κ2) is 5.63. The molecule has 0 atom stereocenters. The van der Waals surface area contributed by atoms with Crippen molar-refractivity contribution in [1.82, 2.24) is 0 Å². The number of nitriles is 1. The number of rotatable bonds is 3. The normalized spacial score (nSPS) is 11.2. The van der Waals surface area contributed by atoms with Crippen LogP contribution in [0.5, 0.6) is 0 Å². The summed E-state index contributed by atoms with van der Waals surface area (Å²) in [5.41, 5.74) is 0.0822. The molecule has 0 heterocycles. The molecule has 21 heavy (non-hydrogen) atoms. The van der Waals surface area contributed by atoms with Gasteiger partial charge in [0.2, 0.25) is 0 Å². The van der Waals surface area contributed by atoms with Crippen LogP contribution in [0.25, 0.3) is 0 Å². The molecule has 0 amide bonds. The Morgan fingerprint density at radius 3 is 1.81 bits per heavy atom. The van der Waals surface area contributed by atoms with Crippen molar-refractivity contribution in [2.75, 3.05) is 0 Å². The van der Waals surface area contributed by atoms with Crippen molar-refractivity contribution in [3.05, 3.63) is 70.3 Å². The maximum Gasteiger partial charge on any atom is 0.128 e. The largest absolute Gasteiger partial charge is 0.379 e. The maximum atomic E-state index is 13.5. The van der Waals surface area contributed by atoms with E-state index in [1.807, 2.05) is 6.07 Å². The first-order valence-corrected chi connectivity index (χ1v) is 6.51. The van der Waals surface area contributed by atoms with Crippen LogP contribution < -0.4 is 0 Å². The van der Waals surface area contributed by atoms with E-state index < -0.39 is 17.2 Å². The van der Waals surface area contributed by atoms with Gasteiger partial charge in [0.1, 0.15) is 17.2 Å². The van der Waals surface area contributed by atoms with E-state index in [0.717, 1.165) is 0 Å². The lowest BCUT2D eigenvalue weighted by atomic mass is 9.80. The number of aryl methyl sites for hydroxylation is 2. The monoisotopic (exact) mass is 287 g/mol. The van der Waals surface area contributed by atoms with E-state index in [-0.39, 0.29) is 17.5 Å². The maximum absolute atomic E-state index is 13.5. The topological polar surface area (TPSA) is 44.0 Å². The summed E-state index contributed by atoms with van der Waals surface area (Å²) in [6, 6.07) is 9.91. The van der Waals surface area contributed by atoms with E-state index in [2.05, 4.69) is 0 Å². The predicted octanol–water partition coefficient (Wildman–Crippen LogP) is 3.73. The molecule has 0 saturated heterocycles. The molecule has 0 aliphatic rings. The zero-order chi connectivity index (χ0) is 15.6. The third-order valence-corrected chi connectivity index (χ3v) is 3.63. The van der Waals surface area contributed by atoms with Gasteiger partial charge in [-0.15, -0.1) is 0 Å². The number of hydrogen-bond acceptors (Lipinski definition) is 2. The molecule has 4 heteroatoms. The molecule has 2 rings (SSSR count). The molecule has 0 aromatic heterocycles. The summed E-state index contributed by atoms with van der Waals surface area (Å²) in [6.45, 7) is 3.43. The van der Waals surface area contributed by atoms with Gasteiger partial charge in [0.05, 0.1) is 12.5 Å². The Hall–Kier alpha value is -2.25. The highest BCUT2D eigenvalue weighted by molar-refractivity contribution is 5.45. The van der Waals surface area contributed by atoms with Crippen LogP contribution in [0.1, 0.15) is 28.7 Å². The fraction of sp³-hybridized carbons (Fsp3) is 0.235. The summed E-state index contributed by atoms with van der Waals surface area (Å²) in [7, 11) is 0. The molecular formula is C17H15F2NO. The number of halogens is 2. The van der Waals surface area contributed by atoms with Crippen LogP contribution in [0.2, 0.25) is 0 Å². The van der Waals surface area contributed by atoms with Gasteiger partial charge in [-0.1, -0.05) is 12.1 Å². The molecule has 0 aliphatic heterocycles. The zero-order valence-electron chi connectivity index (χ0n) is 11.8. The molecular weight excluding hydrogens is 272 g/mol. The smallest absolute Gasteiger partial charge is 0.128 e. The minimum atomic E-state index is -1.74. The van der Waals surface area contributed by atoms with Crippen LogP contribution in [0.4, 0.5) is 8.78 Å². The Morgan fingerprint density at radius 2 is 1.43 bits per heavy atom.